The highest BCUT2D eigenvalue weighted by Crippen LogP contribution is 2.49. The third-order valence-corrected chi connectivity index (χ3v) is 4.18. The van der Waals surface area contributed by atoms with Crippen LogP contribution >= 0.6 is 0 Å². The van der Waals surface area contributed by atoms with Crippen LogP contribution in [0, 0.1) is 5.92 Å². The van der Waals surface area contributed by atoms with Gasteiger partial charge in [-0.25, -0.2) is 13.2 Å². The molecule has 1 aromatic carbocycles. The van der Waals surface area contributed by atoms with Gasteiger partial charge >= 0.3 is 0 Å². The van der Waals surface area contributed by atoms with Crippen molar-refractivity contribution >= 4 is 5.57 Å². The first-order chi connectivity index (χ1) is 9.12. The molecule has 19 heavy (non-hydrogen) atoms. The average molecular weight is 264 g/mol. The minimum Gasteiger partial charge on any atom is -0.239 e. The summed E-state index contributed by atoms with van der Waals surface area (Å²) in [7, 11) is 0. The van der Waals surface area contributed by atoms with E-state index in [1.165, 1.54) is 6.08 Å². The first-order valence-electron chi connectivity index (χ1n) is 6.60. The van der Waals surface area contributed by atoms with E-state index in [4.69, 9.17) is 0 Å². The minimum absolute atomic E-state index is 0.415. The summed E-state index contributed by atoms with van der Waals surface area (Å²) in [6, 6.07) is 8.93. The Kier molecular flexibility index (Phi) is 3.00. The predicted molar refractivity (Wildman–Crippen MR) is 69.7 cm³/mol. The van der Waals surface area contributed by atoms with Crippen LogP contribution in [0.1, 0.15) is 24.8 Å². The van der Waals surface area contributed by atoms with Crippen LogP contribution in [0.4, 0.5) is 13.2 Å². The van der Waals surface area contributed by atoms with Crippen LogP contribution in [-0.2, 0) is 0 Å². The largest absolute Gasteiger partial charge is 0.239 e. The summed E-state index contributed by atoms with van der Waals surface area (Å²) >= 11 is 0. The molecule has 3 heteroatoms. The lowest BCUT2D eigenvalue weighted by molar-refractivity contribution is -0.00640. The predicted octanol–water partition coefficient (Wildman–Crippen LogP) is 4.78. The smallest absolute Gasteiger partial charge is 0.199 e. The van der Waals surface area contributed by atoms with Crippen LogP contribution in [-0.4, -0.2) is 11.8 Å². The van der Waals surface area contributed by atoms with Gasteiger partial charge in [-0.2, -0.15) is 0 Å². The Morgan fingerprint density at radius 1 is 1.11 bits per heavy atom. The van der Waals surface area contributed by atoms with Gasteiger partial charge in [0.05, 0.1) is 0 Å². The van der Waals surface area contributed by atoms with Gasteiger partial charge < -0.3 is 0 Å². The van der Waals surface area contributed by atoms with E-state index in [9.17, 15) is 13.2 Å². The second-order valence-corrected chi connectivity index (χ2v) is 5.28. The van der Waals surface area contributed by atoms with Crippen LogP contribution in [0.3, 0.4) is 0 Å². The van der Waals surface area contributed by atoms with Crippen molar-refractivity contribution in [2.45, 2.75) is 31.1 Å². The summed E-state index contributed by atoms with van der Waals surface area (Å²) in [5.74, 6) is -1.49. The fourth-order valence-electron chi connectivity index (χ4n) is 2.76. The molecule has 0 saturated heterocycles. The molecule has 0 N–H and O–H groups in total. The number of halogens is 3. The Labute approximate surface area is 110 Å². The molecule has 0 heterocycles. The topological polar surface area (TPSA) is 0 Å². The first kappa shape index (κ1) is 12.5. The van der Waals surface area contributed by atoms with Gasteiger partial charge in [0, 0.05) is 5.92 Å². The van der Waals surface area contributed by atoms with Gasteiger partial charge in [-0.15, -0.1) is 0 Å². The number of allylic oxidation sites excluding steroid dienone is 4. The van der Waals surface area contributed by atoms with Gasteiger partial charge in [0.15, 0.2) is 11.8 Å². The fraction of sp³-hybridized carbons (Fsp3) is 0.375. The number of hydrogen-bond acceptors (Lipinski definition) is 0. The van der Waals surface area contributed by atoms with Crippen molar-refractivity contribution in [1.82, 2.24) is 0 Å². The molecule has 0 nitrogen and oxygen atoms in total. The van der Waals surface area contributed by atoms with Crippen LogP contribution < -0.4 is 0 Å². The molecule has 2 atom stereocenters. The third-order valence-electron chi connectivity index (χ3n) is 4.18. The van der Waals surface area contributed by atoms with Crippen LogP contribution in [0.2, 0.25) is 0 Å². The standard InChI is InChI=1S/C16H15F3/c17-14-9-12(11-5-2-1-3-6-11)10-15(18)16(14,19)13-7-4-8-13/h1-3,5-6,9-10,13-14H,4,7-8H2. The summed E-state index contributed by atoms with van der Waals surface area (Å²) < 4.78 is 42.9. The molecule has 100 valence electrons. The molecule has 0 radical (unpaired) electrons. The molecule has 0 spiro atoms. The highest BCUT2D eigenvalue weighted by atomic mass is 19.2. The van der Waals surface area contributed by atoms with Gasteiger partial charge in [-0.1, -0.05) is 36.8 Å². The summed E-state index contributed by atoms with van der Waals surface area (Å²) in [4.78, 5) is 0. The summed E-state index contributed by atoms with van der Waals surface area (Å²) in [5.41, 5.74) is -1.33. The van der Waals surface area contributed by atoms with Crippen LogP contribution in [0.5, 0.6) is 0 Å². The van der Waals surface area contributed by atoms with Crippen LogP contribution in [0.25, 0.3) is 5.57 Å². The van der Waals surface area contributed by atoms with Crippen LogP contribution in [0.15, 0.2) is 48.3 Å². The number of alkyl halides is 2. The highest BCUT2D eigenvalue weighted by molar-refractivity contribution is 5.77. The normalized spacial score (nSPS) is 31.4. The van der Waals surface area contributed by atoms with E-state index in [0.29, 0.717) is 24.0 Å². The minimum atomic E-state index is -2.45. The van der Waals surface area contributed by atoms with Gasteiger partial charge in [0.2, 0.25) is 0 Å². The maximum absolute atomic E-state index is 14.6. The maximum Gasteiger partial charge on any atom is 0.199 e. The molecular weight excluding hydrogens is 249 g/mol. The zero-order valence-electron chi connectivity index (χ0n) is 10.5. The molecular formula is C16H15F3. The second-order valence-electron chi connectivity index (χ2n) is 5.28. The lowest BCUT2D eigenvalue weighted by atomic mass is 9.69. The molecule has 2 aliphatic rings. The highest BCUT2D eigenvalue weighted by Gasteiger charge is 2.53. The Morgan fingerprint density at radius 2 is 1.79 bits per heavy atom. The van der Waals surface area contributed by atoms with Crippen molar-refractivity contribution in [2.24, 2.45) is 5.92 Å². The molecule has 0 aliphatic heterocycles. The van der Waals surface area contributed by atoms with E-state index in [0.717, 1.165) is 12.5 Å². The molecule has 0 amide bonds. The van der Waals surface area contributed by atoms with Crippen molar-refractivity contribution < 1.29 is 13.2 Å². The lowest BCUT2D eigenvalue weighted by Gasteiger charge is -2.41. The molecule has 3 rings (SSSR count). The molecule has 2 aliphatic carbocycles. The van der Waals surface area contributed by atoms with Crippen molar-refractivity contribution in [2.75, 3.05) is 0 Å². The Bertz CT molecular complexity index is 528. The summed E-state index contributed by atoms with van der Waals surface area (Å²) in [5, 5.41) is 0. The third kappa shape index (κ3) is 1.92. The van der Waals surface area contributed by atoms with Gasteiger partial charge in [-0.05, 0) is 36.1 Å². The molecule has 1 saturated carbocycles. The first-order valence-corrected chi connectivity index (χ1v) is 6.60. The average Bonchev–Trinajstić information content (AvgIpc) is 2.35. The van der Waals surface area contributed by atoms with Crippen molar-refractivity contribution in [1.29, 1.82) is 0 Å². The monoisotopic (exact) mass is 264 g/mol. The summed E-state index contributed by atoms with van der Waals surface area (Å²) in [6.07, 6.45) is 2.42. The Morgan fingerprint density at radius 3 is 2.32 bits per heavy atom. The quantitative estimate of drug-likeness (QED) is 0.721. The summed E-state index contributed by atoms with van der Waals surface area (Å²) in [6.45, 7) is 0. The van der Waals surface area contributed by atoms with E-state index in [1.54, 1.807) is 24.3 Å². The zero-order valence-corrected chi connectivity index (χ0v) is 10.5. The molecule has 0 aromatic heterocycles. The Balaban J connectivity index is 1.95. The van der Waals surface area contributed by atoms with E-state index < -0.39 is 23.6 Å². The van der Waals surface area contributed by atoms with Gasteiger partial charge in [-0.3, -0.25) is 0 Å². The van der Waals surface area contributed by atoms with E-state index in [-0.39, 0.29) is 0 Å². The number of hydrogen-bond donors (Lipinski definition) is 0. The maximum atomic E-state index is 14.6. The second kappa shape index (κ2) is 4.55. The Hall–Kier alpha value is -1.51. The molecule has 1 fully saturated rings. The van der Waals surface area contributed by atoms with E-state index in [2.05, 4.69) is 0 Å². The van der Waals surface area contributed by atoms with Gasteiger partial charge in [0.1, 0.15) is 5.83 Å². The molecule has 0 bridgehead atoms. The van der Waals surface area contributed by atoms with E-state index >= 15 is 0 Å². The van der Waals surface area contributed by atoms with E-state index in [1.807, 2.05) is 6.07 Å². The van der Waals surface area contributed by atoms with Gasteiger partial charge in [0.25, 0.3) is 0 Å². The molecule has 2 unspecified atom stereocenters. The van der Waals surface area contributed by atoms with Crippen molar-refractivity contribution in [3.8, 4) is 0 Å². The number of benzene rings is 1. The zero-order chi connectivity index (χ0) is 13.5. The lowest BCUT2D eigenvalue weighted by Crippen LogP contribution is -2.46. The fourth-order valence-corrected chi connectivity index (χ4v) is 2.76. The van der Waals surface area contributed by atoms with Crippen molar-refractivity contribution in [3.05, 3.63) is 53.9 Å². The SMILES string of the molecule is FC1=CC(c2ccccc2)=CC(F)C1(F)C1CCC1. The van der Waals surface area contributed by atoms with Crippen molar-refractivity contribution in [3.63, 3.8) is 0 Å². The molecule has 1 aromatic rings. The number of rotatable bonds is 2.